The maximum absolute atomic E-state index is 6.82. The van der Waals surface area contributed by atoms with Crippen LogP contribution in [0, 0.1) is 18.5 Å². The maximum atomic E-state index is 6.82. The minimum atomic E-state index is -0.366. The van der Waals surface area contributed by atoms with Crippen molar-refractivity contribution >= 4 is 21.8 Å². The van der Waals surface area contributed by atoms with Gasteiger partial charge in [-0.15, -0.1) is 29.8 Å². The van der Waals surface area contributed by atoms with E-state index in [1.165, 1.54) is 27.8 Å². The SMILES string of the molecule is CC(C)(C)c1ccnc(-n2c3[c-]c(Oc4[c-]c(-n5[c-][n+](-c6cccc(C(C)(C)c7ccccc7)c6)c(C(C)(C)c6ccccc6)c5)ccc4)cc(C(C)(C)C)c3c3ccccc32)c1.[Pt]. The van der Waals surface area contributed by atoms with E-state index in [0.717, 1.165) is 44.7 Å². The molecule has 0 bridgehead atoms. The molecule has 5 nitrogen and oxygen atoms in total. The van der Waals surface area contributed by atoms with Crippen LogP contribution in [0.1, 0.15) is 103 Å². The molecule has 6 heteroatoms. The summed E-state index contributed by atoms with van der Waals surface area (Å²) >= 11 is 0. The van der Waals surface area contributed by atoms with Crippen LogP contribution < -0.4 is 9.30 Å². The molecule has 3 aromatic heterocycles. The Labute approximate surface area is 393 Å². The maximum Gasteiger partial charge on any atom is 0.267 e. The molecule has 0 saturated carbocycles. The molecular formula is C58H56N4OPt-2. The summed E-state index contributed by atoms with van der Waals surface area (Å²) in [5, 5.41) is 2.32. The van der Waals surface area contributed by atoms with Crippen molar-refractivity contribution in [1.82, 2.24) is 14.1 Å². The van der Waals surface area contributed by atoms with Gasteiger partial charge in [-0.3, -0.25) is 4.57 Å². The van der Waals surface area contributed by atoms with E-state index in [1.54, 1.807) is 0 Å². The molecule has 0 aliphatic heterocycles. The number of pyridine rings is 1. The monoisotopic (exact) mass is 1020 g/mol. The summed E-state index contributed by atoms with van der Waals surface area (Å²) in [4.78, 5) is 4.93. The smallest absolute Gasteiger partial charge is 0.267 e. The Hall–Kier alpha value is -6.03. The van der Waals surface area contributed by atoms with Gasteiger partial charge >= 0.3 is 0 Å². The Morgan fingerprint density at radius 1 is 0.562 bits per heavy atom. The number of para-hydroxylation sites is 1. The van der Waals surface area contributed by atoms with Crippen molar-refractivity contribution in [2.24, 2.45) is 0 Å². The molecule has 0 N–H and O–H groups in total. The quantitative estimate of drug-likeness (QED) is 0.107. The third-order valence-corrected chi connectivity index (χ3v) is 12.7. The van der Waals surface area contributed by atoms with Crippen molar-refractivity contribution in [3.8, 4) is 28.7 Å². The zero-order chi connectivity index (χ0) is 44.3. The van der Waals surface area contributed by atoms with Crippen molar-refractivity contribution in [2.45, 2.75) is 90.9 Å². The Morgan fingerprint density at radius 2 is 1.20 bits per heavy atom. The number of imidazole rings is 1. The Morgan fingerprint density at radius 3 is 1.89 bits per heavy atom. The largest absolute Gasteiger partial charge is 0.510 e. The van der Waals surface area contributed by atoms with Crippen LogP contribution in [0.25, 0.3) is 39.0 Å². The van der Waals surface area contributed by atoms with E-state index in [0.29, 0.717) is 11.5 Å². The van der Waals surface area contributed by atoms with E-state index in [4.69, 9.17) is 9.72 Å². The van der Waals surface area contributed by atoms with Gasteiger partial charge in [-0.05, 0) is 74.5 Å². The van der Waals surface area contributed by atoms with Crippen molar-refractivity contribution in [3.63, 3.8) is 0 Å². The number of ether oxygens (including phenoxy) is 1. The summed E-state index contributed by atoms with van der Waals surface area (Å²) in [5.41, 5.74) is 10.2. The predicted octanol–water partition coefficient (Wildman–Crippen LogP) is 13.7. The number of aromatic nitrogens is 4. The van der Waals surface area contributed by atoms with Gasteiger partial charge < -0.3 is 13.9 Å². The fraction of sp³-hybridized carbons (Fsp3) is 0.241. The van der Waals surface area contributed by atoms with Crippen LogP contribution in [0.15, 0.2) is 158 Å². The number of benzene rings is 6. The van der Waals surface area contributed by atoms with Crippen molar-refractivity contribution in [3.05, 3.63) is 210 Å². The first kappa shape index (κ1) is 44.6. The van der Waals surface area contributed by atoms with Gasteiger partial charge in [0.25, 0.3) is 6.33 Å². The average Bonchev–Trinajstić information content (AvgIpc) is 3.88. The average molecular weight is 1020 g/mol. The number of hydrogen-bond donors (Lipinski definition) is 0. The molecule has 326 valence electrons. The number of rotatable bonds is 9. The molecule has 0 atom stereocenters. The molecule has 0 amide bonds. The van der Waals surface area contributed by atoms with Gasteiger partial charge in [0.05, 0.1) is 11.4 Å². The molecule has 0 spiro atoms. The second-order valence-electron chi connectivity index (χ2n) is 19.9. The van der Waals surface area contributed by atoms with Gasteiger partial charge in [0.15, 0.2) is 0 Å². The Balaban J connectivity index is 0.00000560. The van der Waals surface area contributed by atoms with E-state index in [-0.39, 0.29) is 42.7 Å². The van der Waals surface area contributed by atoms with Gasteiger partial charge in [0.2, 0.25) is 0 Å². The summed E-state index contributed by atoms with van der Waals surface area (Å²) in [6.45, 7) is 22.6. The van der Waals surface area contributed by atoms with E-state index in [1.807, 2.05) is 22.9 Å². The topological polar surface area (TPSA) is 35.9 Å². The molecular weight excluding hydrogens is 964 g/mol. The van der Waals surface area contributed by atoms with Crippen molar-refractivity contribution in [2.75, 3.05) is 0 Å². The molecule has 0 unspecified atom stereocenters. The Bertz CT molecular complexity index is 3110. The van der Waals surface area contributed by atoms with Crippen LogP contribution in [-0.4, -0.2) is 14.1 Å². The zero-order valence-corrected chi connectivity index (χ0v) is 40.8. The first-order valence-corrected chi connectivity index (χ1v) is 22.0. The summed E-state index contributed by atoms with van der Waals surface area (Å²) in [5.74, 6) is 2.06. The molecule has 6 aromatic carbocycles. The Kier molecular flexibility index (Phi) is 11.7. The molecule has 9 aromatic rings. The van der Waals surface area contributed by atoms with Crippen molar-refractivity contribution in [1.29, 1.82) is 0 Å². The predicted molar refractivity (Wildman–Crippen MR) is 257 cm³/mol. The molecule has 0 aliphatic carbocycles. The van der Waals surface area contributed by atoms with E-state index in [2.05, 4.69) is 236 Å². The molecule has 0 saturated heterocycles. The number of fused-ring (bicyclic) bond motifs is 3. The van der Waals surface area contributed by atoms with E-state index < -0.39 is 0 Å². The van der Waals surface area contributed by atoms with Gasteiger partial charge in [-0.1, -0.05) is 171 Å². The van der Waals surface area contributed by atoms with E-state index in [9.17, 15) is 0 Å². The van der Waals surface area contributed by atoms with Gasteiger partial charge in [0.1, 0.15) is 5.82 Å². The van der Waals surface area contributed by atoms with Gasteiger partial charge in [0, 0.05) is 61.3 Å². The minimum absolute atomic E-state index is 0. The normalized spacial score (nSPS) is 12.4. The van der Waals surface area contributed by atoms with E-state index >= 15 is 0 Å². The third kappa shape index (κ3) is 8.27. The number of nitrogens with zero attached hydrogens (tertiary/aromatic N) is 4. The van der Waals surface area contributed by atoms with Crippen LogP contribution in [0.5, 0.6) is 11.5 Å². The molecule has 64 heavy (non-hydrogen) atoms. The fourth-order valence-electron chi connectivity index (χ4n) is 8.82. The summed E-state index contributed by atoms with van der Waals surface area (Å²) in [7, 11) is 0. The summed E-state index contributed by atoms with van der Waals surface area (Å²) in [6.07, 6.45) is 7.84. The third-order valence-electron chi connectivity index (χ3n) is 12.7. The minimum Gasteiger partial charge on any atom is -0.510 e. The van der Waals surface area contributed by atoms with Crippen LogP contribution in [0.2, 0.25) is 0 Å². The first-order valence-electron chi connectivity index (χ1n) is 22.0. The van der Waals surface area contributed by atoms with Crippen LogP contribution >= 0.6 is 0 Å². The van der Waals surface area contributed by atoms with Crippen LogP contribution in [-0.2, 0) is 42.7 Å². The van der Waals surface area contributed by atoms with Crippen molar-refractivity contribution < 1.29 is 30.4 Å². The molecule has 9 rings (SSSR count). The second kappa shape index (κ2) is 16.8. The second-order valence-corrected chi connectivity index (χ2v) is 19.9. The summed E-state index contributed by atoms with van der Waals surface area (Å²) < 4.78 is 13.3. The summed E-state index contributed by atoms with van der Waals surface area (Å²) in [6, 6.07) is 58.7. The molecule has 0 radical (unpaired) electrons. The van der Waals surface area contributed by atoms with Gasteiger partial charge in [-0.2, -0.15) is 12.1 Å². The molecule has 0 fully saturated rings. The molecule has 0 aliphatic rings. The first-order chi connectivity index (χ1) is 30.0. The molecule has 3 heterocycles. The standard InChI is InChI=1S/C58H56N4O.Pt/c1-55(2,3)42-31-32-59-53(34-42)62-50-30-18-17-29-48(50)54-49(56(4,5)6)36-47(37-51(54)62)63-46-28-20-26-44(35-46)60-38-52(58(9,10)41-23-15-12-16-24-41)61(39-60)45-27-19-25-43(33-45)57(7,8)40-21-13-11-14-22-40;/h11-34,36,38H,1-10H3;/q-2;. The zero-order valence-electron chi connectivity index (χ0n) is 38.5. The number of hydrogen-bond acceptors (Lipinski definition) is 2. The van der Waals surface area contributed by atoms with Crippen LogP contribution in [0.3, 0.4) is 0 Å². The van der Waals surface area contributed by atoms with Crippen LogP contribution in [0.4, 0.5) is 0 Å². The fourth-order valence-corrected chi connectivity index (χ4v) is 8.82. The van der Waals surface area contributed by atoms with Gasteiger partial charge in [-0.25, -0.2) is 4.98 Å².